The Morgan fingerprint density at radius 3 is 2.46 bits per heavy atom. The van der Waals surface area contributed by atoms with Crippen LogP contribution in [-0.2, 0) is 0 Å². The molecule has 3 rings (SSSR count). The van der Waals surface area contributed by atoms with E-state index in [0.717, 1.165) is 30.3 Å². The summed E-state index contributed by atoms with van der Waals surface area (Å²) in [5.41, 5.74) is 1.70. The van der Waals surface area contributed by atoms with Crippen LogP contribution >= 0.6 is 0 Å². The third-order valence-electron chi connectivity index (χ3n) is 5.38. The predicted octanol–water partition coefficient (Wildman–Crippen LogP) is 5.47. The molecule has 0 amide bonds. The average molecular weight is 378 g/mol. The van der Waals surface area contributed by atoms with Gasteiger partial charge in [0.25, 0.3) is 0 Å². The highest BCUT2D eigenvalue weighted by atomic mass is 16.5. The van der Waals surface area contributed by atoms with Crippen LogP contribution in [0.15, 0.2) is 60.7 Å². The minimum Gasteiger partial charge on any atom is -0.494 e. The van der Waals surface area contributed by atoms with Crippen LogP contribution in [0, 0.1) is 5.92 Å². The van der Waals surface area contributed by atoms with Crippen LogP contribution < -0.4 is 4.74 Å². The molecule has 3 heteroatoms. The summed E-state index contributed by atoms with van der Waals surface area (Å²) in [7, 11) is 0. The number of rotatable bonds is 9. The number of ether oxygens (including phenoxy) is 1. The predicted molar refractivity (Wildman–Crippen MR) is 116 cm³/mol. The maximum absolute atomic E-state index is 12.1. The van der Waals surface area contributed by atoms with Crippen molar-refractivity contribution >= 4 is 11.9 Å². The molecule has 0 aromatic heterocycles. The highest BCUT2D eigenvalue weighted by Gasteiger charge is 2.14. The van der Waals surface area contributed by atoms with Gasteiger partial charge in [0, 0.05) is 5.56 Å². The number of hydrogen-bond acceptors (Lipinski definition) is 3. The Bertz CT molecular complexity index is 744. The number of nitrogens with zero attached hydrogens (tertiary/aromatic N) is 1. The lowest BCUT2D eigenvalue weighted by Gasteiger charge is -2.30. The maximum Gasteiger partial charge on any atom is 0.185 e. The van der Waals surface area contributed by atoms with Crippen molar-refractivity contribution < 1.29 is 9.53 Å². The Kier molecular flexibility index (Phi) is 7.86. The molecule has 1 fully saturated rings. The highest BCUT2D eigenvalue weighted by Crippen LogP contribution is 2.17. The fraction of sp³-hybridized carbons (Fsp3) is 0.400. The fourth-order valence-electron chi connectivity index (χ4n) is 3.46. The van der Waals surface area contributed by atoms with Gasteiger partial charge >= 0.3 is 0 Å². The van der Waals surface area contributed by atoms with Crippen molar-refractivity contribution in [1.29, 1.82) is 0 Å². The monoisotopic (exact) mass is 377 g/mol. The van der Waals surface area contributed by atoms with Gasteiger partial charge in [-0.25, -0.2) is 0 Å². The lowest BCUT2D eigenvalue weighted by Crippen LogP contribution is -2.33. The van der Waals surface area contributed by atoms with Crippen molar-refractivity contribution in [2.75, 3.05) is 26.2 Å². The Labute approximate surface area is 169 Å². The molecule has 0 saturated carbocycles. The smallest absolute Gasteiger partial charge is 0.185 e. The van der Waals surface area contributed by atoms with Gasteiger partial charge < -0.3 is 9.64 Å². The zero-order valence-electron chi connectivity index (χ0n) is 16.8. The minimum atomic E-state index is 0.0177. The first kappa shape index (κ1) is 20.3. The molecular weight excluding hydrogens is 346 g/mol. The quantitative estimate of drug-likeness (QED) is 0.329. The molecule has 1 aliphatic heterocycles. The van der Waals surface area contributed by atoms with Crippen LogP contribution in [0.5, 0.6) is 5.75 Å². The molecule has 2 aromatic carbocycles. The van der Waals surface area contributed by atoms with E-state index in [0.29, 0.717) is 5.56 Å². The average Bonchev–Trinajstić information content (AvgIpc) is 2.74. The first-order chi connectivity index (χ1) is 13.7. The Balaban J connectivity index is 1.35. The van der Waals surface area contributed by atoms with Crippen LogP contribution in [0.1, 0.15) is 48.5 Å². The Hall–Kier alpha value is -2.39. The molecular formula is C25H31NO2. The number of unbranched alkanes of at least 4 members (excludes halogenated alkanes) is 1. The molecule has 0 unspecified atom stereocenters. The van der Waals surface area contributed by atoms with Crippen LogP contribution in [0.4, 0.5) is 0 Å². The highest BCUT2D eigenvalue weighted by molar-refractivity contribution is 6.06. The first-order valence-corrected chi connectivity index (χ1v) is 10.4. The van der Waals surface area contributed by atoms with Gasteiger partial charge in [-0.2, -0.15) is 0 Å². The maximum atomic E-state index is 12.1. The first-order valence-electron chi connectivity index (χ1n) is 10.4. The van der Waals surface area contributed by atoms with Gasteiger partial charge in [-0.05, 0) is 75.0 Å². The van der Waals surface area contributed by atoms with E-state index in [1.165, 1.54) is 38.9 Å². The summed E-state index contributed by atoms with van der Waals surface area (Å²) in [5, 5.41) is 0. The van der Waals surface area contributed by atoms with E-state index in [-0.39, 0.29) is 5.78 Å². The molecule has 0 N–H and O–H groups in total. The number of ketones is 1. The van der Waals surface area contributed by atoms with Gasteiger partial charge in [-0.3, -0.25) is 4.79 Å². The van der Waals surface area contributed by atoms with Gasteiger partial charge in [0.05, 0.1) is 6.61 Å². The van der Waals surface area contributed by atoms with Crippen molar-refractivity contribution in [3.63, 3.8) is 0 Å². The number of likely N-dealkylation sites (tertiary alicyclic amines) is 1. The van der Waals surface area contributed by atoms with E-state index in [2.05, 4.69) is 11.8 Å². The second-order valence-electron chi connectivity index (χ2n) is 7.71. The second-order valence-corrected chi connectivity index (χ2v) is 7.71. The normalized spacial score (nSPS) is 15.8. The second kappa shape index (κ2) is 10.8. The van der Waals surface area contributed by atoms with E-state index in [1.807, 2.05) is 60.7 Å². The van der Waals surface area contributed by atoms with E-state index in [4.69, 9.17) is 4.74 Å². The van der Waals surface area contributed by atoms with Crippen LogP contribution in [0.3, 0.4) is 0 Å². The van der Waals surface area contributed by atoms with Gasteiger partial charge in [0.2, 0.25) is 0 Å². The van der Waals surface area contributed by atoms with Gasteiger partial charge in [0.1, 0.15) is 5.75 Å². The van der Waals surface area contributed by atoms with Gasteiger partial charge in [0.15, 0.2) is 5.78 Å². The van der Waals surface area contributed by atoms with Crippen molar-refractivity contribution in [3.05, 3.63) is 71.8 Å². The lowest BCUT2D eigenvalue weighted by atomic mass is 9.99. The molecule has 0 aliphatic carbocycles. The number of allylic oxidation sites excluding steroid dienone is 1. The van der Waals surface area contributed by atoms with Crippen LogP contribution in [0.2, 0.25) is 0 Å². The summed E-state index contributed by atoms with van der Waals surface area (Å²) < 4.78 is 5.85. The summed E-state index contributed by atoms with van der Waals surface area (Å²) >= 11 is 0. The van der Waals surface area contributed by atoms with Gasteiger partial charge in [-0.15, -0.1) is 0 Å². The summed E-state index contributed by atoms with van der Waals surface area (Å²) in [6.07, 6.45) is 8.42. The fourth-order valence-corrected chi connectivity index (χ4v) is 3.46. The Morgan fingerprint density at radius 2 is 1.75 bits per heavy atom. The van der Waals surface area contributed by atoms with Crippen molar-refractivity contribution in [3.8, 4) is 5.75 Å². The van der Waals surface area contributed by atoms with Gasteiger partial charge in [-0.1, -0.05) is 55.5 Å². The molecule has 2 aromatic rings. The number of hydrogen-bond donors (Lipinski definition) is 0. The third kappa shape index (κ3) is 6.65. The molecule has 0 spiro atoms. The van der Waals surface area contributed by atoms with Crippen molar-refractivity contribution in [1.82, 2.24) is 4.90 Å². The number of benzene rings is 2. The zero-order chi connectivity index (χ0) is 19.6. The van der Waals surface area contributed by atoms with Crippen molar-refractivity contribution in [2.45, 2.75) is 32.6 Å². The molecule has 1 heterocycles. The number of carbonyl (C=O) groups is 1. The van der Waals surface area contributed by atoms with Crippen LogP contribution in [-0.4, -0.2) is 36.9 Å². The van der Waals surface area contributed by atoms with E-state index < -0.39 is 0 Å². The largest absolute Gasteiger partial charge is 0.494 e. The summed E-state index contributed by atoms with van der Waals surface area (Å²) in [6, 6.07) is 17.2. The molecule has 3 nitrogen and oxygen atoms in total. The summed E-state index contributed by atoms with van der Waals surface area (Å²) in [4.78, 5) is 14.7. The Morgan fingerprint density at radius 1 is 1.04 bits per heavy atom. The molecule has 148 valence electrons. The minimum absolute atomic E-state index is 0.0177. The molecule has 28 heavy (non-hydrogen) atoms. The SMILES string of the molecule is CC1CCN(CCCCOc2ccc(/C=C/C(=O)c3ccccc3)cc2)CC1. The third-order valence-corrected chi connectivity index (χ3v) is 5.38. The molecule has 0 atom stereocenters. The standard InChI is InChI=1S/C25H31NO2/c1-21-15-18-26(19-16-21)17-5-6-20-28-24-12-9-22(10-13-24)11-14-25(27)23-7-3-2-4-8-23/h2-4,7-14,21H,5-6,15-20H2,1H3/b14-11+. The zero-order valence-corrected chi connectivity index (χ0v) is 16.8. The number of piperidine rings is 1. The van der Waals surface area contributed by atoms with Crippen molar-refractivity contribution in [2.24, 2.45) is 5.92 Å². The van der Waals surface area contributed by atoms with E-state index >= 15 is 0 Å². The molecule has 1 aliphatic rings. The number of carbonyl (C=O) groups excluding carboxylic acids is 1. The molecule has 0 radical (unpaired) electrons. The summed E-state index contributed by atoms with van der Waals surface area (Å²) in [6.45, 7) is 6.81. The summed E-state index contributed by atoms with van der Waals surface area (Å²) in [5.74, 6) is 1.80. The van der Waals surface area contributed by atoms with E-state index in [1.54, 1.807) is 6.08 Å². The van der Waals surface area contributed by atoms with E-state index in [9.17, 15) is 4.79 Å². The molecule has 1 saturated heterocycles. The topological polar surface area (TPSA) is 29.5 Å². The molecule has 0 bridgehead atoms. The lowest BCUT2D eigenvalue weighted by molar-refractivity contribution is 0.104. The van der Waals surface area contributed by atoms with Crippen LogP contribution in [0.25, 0.3) is 6.08 Å².